The first-order valence-corrected chi connectivity index (χ1v) is 9.55. The van der Waals surface area contributed by atoms with Crippen LogP contribution in [0.15, 0.2) is 0 Å². The number of hydrogen-bond acceptors (Lipinski definition) is 6. The summed E-state index contributed by atoms with van der Waals surface area (Å²) in [5.41, 5.74) is 0.942. The second-order valence-electron chi connectivity index (χ2n) is 7.10. The van der Waals surface area contributed by atoms with E-state index < -0.39 is 23.6 Å². The Morgan fingerprint density at radius 2 is 1.85 bits per heavy atom. The first-order valence-electron chi connectivity index (χ1n) is 8.73. The number of aryl methyl sites for hydroxylation is 1. The summed E-state index contributed by atoms with van der Waals surface area (Å²) in [6.07, 6.45) is 3.21. The van der Waals surface area contributed by atoms with Crippen LogP contribution >= 0.6 is 11.3 Å². The van der Waals surface area contributed by atoms with Crippen LogP contribution in [0.2, 0.25) is 0 Å². The highest BCUT2D eigenvalue weighted by molar-refractivity contribution is 7.17. The number of anilines is 2. The van der Waals surface area contributed by atoms with Crippen LogP contribution in [-0.4, -0.2) is 37.2 Å². The van der Waals surface area contributed by atoms with Gasteiger partial charge in [0.15, 0.2) is 0 Å². The summed E-state index contributed by atoms with van der Waals surface area (Å²) >= 11 is 1.42. The molecule has 0 radical (unpaired) electrons. The molecule has 0 spiro atoms. The summed E-state index contributed by atoms with van der Waals surface area (Å²) in [5.74, 6) is -1.68. The normalized spacial score (nSPS) is 13.6. The van der Waals surface area contributed by atoms with Gasteiger partial charge in [-0.3, -0.25) is 15.0 Å². The van der Waals surface area contributed by atoms with E-state index in [1.807, 2.05) is 0 Å². The highest BCUT2D eigenvalue weighted by Gasteiger charge is 2.30. The average Bonchev–Trinajstić information content (AvgIpc) is 2.90. The van der Waals surface area contributed by atoms with E-state index in [4.69, 9.17) is 9.47 Å². The van der Waals surface area contributed by atoms with Crippen molar-refractivity contribution in [3.63, 3.8) is 0 Å². The molecular formula is C18H26N2O5S. The molecule has 1 aromatic heterocycles. The number of nitrogens with one attached hydrogen (secondary N) is 1. The Hall–Kier alpha value is -2.09. The average molecular weight is 382 g/mol. The Kier molecular flexibility index (Phi) is 6.28. The SMILES string of the molecule is CCOC(=O)C(=O)N(C)c1sc2c(c1NC(=O)OC(C)(C)C)CCCC2. The van der Waals surface area contributed by atoms with Gasteiger partial charge in [-0.15, -0.1) is 11.3 Å². The predicted octanol–water partition coefficient (Wildman–Crippen LogP) is 3.50. The van der Waals surface area contributed by atoms with Gasteiger partial charge in [-0.2, -0.15) is 0 Å². The number of carbonyl (C=O) groups is 3. The standard InChI is InChI=1S/C18H26N2O5S/c1-6-24-16(22)14(21)20(5)15-13(19-17(23)25-18(2,3)4)11-9-7-8-10-12(11)26-15/h6-10H2,1-5H3,(H,19,23). The zero-order chi connectivity index (χ0) is 19.5. The van der Waals surface area contributed by atoms with E-state index >= 15 is 0 Å². The number of esters is 1. The minimum absolute atomic E-state index is 0.127. The molecule has 0 saturated heterocycles. The molecule has 0 fully saturated rings. The van der Waals surface area contributed by atoms with Crippen LogP contribution in [0.3, 0.4) is 0 Å². The number of carbonyl (C=O) groups excluding carboxylic acids is 3. The fourth-order valence-corrected chi connectivity index (χ4v) is 4.05. The largest absolute Gasteiger partial charge is 0.459 e. The fourth-order valence-electron chi connectivity index (χ4n) is 2.74. The Labute approximate surface area is 157 Å². The lowest BCUT2D eigenvalue weighted by atomic mass is 9.98. The number of thiophene rings is 1. The van der Waals surface area contributed by atoms with Crippen LogP contribution in [0.25, 0.3) is 0 Å². The number of ether oxygens (including phenoxy) is 2. The van der Waals surface area contributed by atoms with Crippen LogP contribution < -0.4 is 10.2 Å². The molecule has 26 heavy (non-hydrogen) atoms. The second-order valence-corrected chi connectivity index (χ2v) is 8.19. The van der Waals surface area contributed by atoms with E-state index in [9.17, 15) is 14.4 Å². The Morgan fingerprint density at radius 1 is 1.19 bits per heavy atom. The minimum Gasteiger partial charge on any atom is -0.459 e. The third-order valence-corrected chi connectivity index (χ3v) is 5.21. The molecule has 8 heteroatoms. The number of fused-ring (bicyclic) bond motifs is 1. The van der Waals surface area contributed by atoms with Crippen molar-refractivity contribution in [3.05, 3.63) is 10.4 Å². The molecule has 1 N–H and O–H groups in total. The molecule has 1 aromatic rings. The smallest absolute Gasteiger partial charge is 0.412 e. The molecular weight excluding hydrogens is 356 g/mol. The second kappa shape index (κ2) is 8.07. The van der Waals surface area contributed by atoms with E-state index in [-0.39, 0.29) is 6.61 Å². The summed E-state index contributed by atoms with van der Waals surface area (Å²) in [6.45, 7) is 7.12. The Bertz CT molecular complexity index is 705. The van der Waals surface area contributed by atoms with Gasteiger partial charge in [-0.05, 0) is 58.9 Å². The highest BCUT2D eigenvalue weighted by atomic mass is 32.1. The van der Waals surface area contributed by atoms with Gasteiger partial charge in [0.05, 0.1) is 12.3 Å². The van der Waals surface area contributed by atoms with Crippen molar-refractivity contribution in [1.82, 2.24) is 0 Å². The topological polar surface area (TPSA) is 84.9 Å². The lowest BCUT2D eigenvalue weighted by molar-refractivity contribution is -0.153. The molecule has 0 aromatic carbocycles. The van der Waals surface area contributed by atoms with Crippen LogP contribution in [0.1, 0.15) is 51.0 Å². The summed E-state index contributed by atoms with van der Waals surface area (Å²) < 4.78 is 10.1. The van der Waals surface area contributed by atoms with Crippen molar-refractivity contribution in [1.29, 1.82) is 0 Å². The van der Waals surface area contributed by atoms with E-state index in [0.717, 1.165) is 36.1 Å². The lowest BCUT2D eigenvalue weighted by Gasteiger charge is -2.22. The third-order valence-electron chi connectivity index (χ3n) is 3.84. The van der Waals surface area contributed by atoms with Crippen LogP contribution in [0.5, 0.6) is 0 Å². The van der Waals surface area contributed by atoms with Crippen LogP contribution in [-0.2, 0) is 31.9 Å². The van der Waals surface area contributed by atoms with Crippen molar-refractivity contribution in [2.24, 2.45) is 0 Å². The molecule has 0 unspecified atom stereocenters. The van der Waals surface area contributed by atoms with Crippen LogP contribution in [0.4, 0.5) is 15.5 Å². The van der Waals surface area contributed by atoms with Gasteiger partial charge in [0.2, 0.25) is 0 Å². The molecule has 7 nitrogen and oxygen atoms in total. The van der Waals surface area contributed by atoms with Crippen molar-refractivity contribution >= 4 is 40.0 Å². The maximum atomic E-state index is 12.3. The van der Waals surface area contributed by atoms with E-state index in [0.29, 0.717) is 10.7 Å². The number of rotatable bonds is 3. The maximum absolute atomic E-state index is 12.3. The molecule has 0 atom stereocenters. The van der Waals surface area contributed by atoms with Gasteiger partial charge in [0, 0.05) is 11.9 Å². The van der Waals surface area contributed by atoms with Gasteiger partial charge in [0.1, 0.15) is 10.6 Å². The molecule has 144 valence electrons. The summed E-state index contributed by atoms with van der Waals surface area (Å²) in [6, 6.07) is 0. The van der Waals surface area contributed by atoms with Gasteiger partial charge >= 0.3 is 18.0 Å². The molecule has 2 amide bonds. The molecule has 2 rings (SSSR count). The minimum atomic E-state index is -0.912. The maximum Gasteiger partial charge on any atom is 0.412 e. The quantitative estimate of drug-likeness (QED) is 0.639. The highest BCUT2D eigenvalue weighted by Crippen LogP contribution is 2.44. The van der Waals surface area contributed by atoms with Crippen molar-refractivity contribution in [2.45, 2.75) is 59.0 Å². The first kappa shape index (κ1) is 20.2. The van der Waals surface area contributed by atoms with Crippen LogP contribution in [0, 0.1) is 0 Å². The molecule has 0 bridgehead atoms. The molecule has 1 heterocycles. The fraction of sp³-hybridized carbons (Fsp3) is 0.611. The lowest BCUT2D eigenvalue weighted by Crippen LogP contribution is -2.35. The molecule has 0 saturated carbocycles. The zero-order valence-corrected chi connectivity index (χ0v) is 16.7. The van der Waals surface area contributed by atoms with Gasteiger partial charge in [0.25, 0.3) is 0 Å². The van der Waals surface area contributed by atoms with E-state index in [1.54, 1.807) is 27.7 Å². The Morgan fingerprint density at radius 3 is 2.46 bits per heavy atom. The van der Waals surface area contributed by atoms with Gasteiger partial charge in [-0.1, -0.05) is 0 Å². The molecule has 0 aliphatic heterocycles. The van der Waals surface area contributed by atoms with Gasteiger partial charge in [-0.25, -0.2) is 9.59 Å². The summed E-state index contributed by atoms with van der Waals surface area (Å²) in [5, 5.41) is 3.31. The van der Waals surface area contributed by atoms with Crippen molar-refractivity contribution in [2.75, 3.05) is 23.9 Å². The molecule has 1 aliphatic carbocycles. The monoisotopic (exact) mass is 382 g/mol. The number of amides is 2. The first-order chi connectivity index (χ1) is 12.1. The van der Waals surface area contributed by atoms with E-state index in [2.05, 4.69) is 5.32 Å². The number of hydrogen-bond donors (Lipinski definition) is 1. The van der Waals surface area contributed by atoms with Crippen molar-refractivity contribution < 1.29 is 23.9 Å². The zero-order valence-electron chi connectivity index (χ0n) is 15.9. The number of nitrogens with zero attached hydrogens (tertiary/aromatic N) is 1. The third kappa shape index (κ3) is 4.75. The Balaban J connectivity index is 2.33. The molecule has 1 aliphatic rings. The number of likely N-dealkylation sites (N-methyl/N-ethyl adjacent to an activating group) is 1. The van der Waals surface area contributed by atoms with Crippen molar-refractivity contribution in [3.8, 4) is 0 Å². The summed E-state index contributed by atoms with van der Waals surface area (Å²) in [7, 11) is 1.51. The summed E-state index contributed by atoms with van der Waals surface area (Å²) in [4.78, 5) is 38.8. The van der Waals surface area contributed by atoms with Gasteiger partial charge < -0.3 is 9.47 Å². The predicted molar refractivity (Wildman–Crippen MR) is 101 cm³/mol. The van der Waals surface area contributed by atoms with E-state index in [1.165, 1.54) is 23.3 Å².